The standard InChI is InChI=1S/C13H25NO2/c1-10(11-6-7-11)14(8-9-16-2)12-4-3-5-13(12)15/h10-13,15H,3-9H2,1-2H3. The lowest BCUT2D eigenvalue weighted by Crippen LogP contribution is -2.48. The molecule has 3 atom stereocenters. The molecule has 0 radical (unpaired) electrons. The first-order valence-electron chi connectivity index (χ1n) is 6.66. The van der Waals surface area contributed by atoms with Gasteiger partial charge >= 0.3 is 0 Å². The average Bonchev–Trinajstić information content (AvgIpc) is 3.04. The molecule has 16 heavy (non-hydrogen) atoms. The molecule has 0 aliphatic heterocycles. The molecular weight excluding hydrogens is 202 g/mol. The second-order valence-electron chi connectivity index (χ2n) is 5.37. The Kier molecular flexibility index (Phi) is 4.22. The third-order valence-electron chi connectivity index (χ3n) is 4.25. The van der Waals surface area contributed by atoms with Crippen LogP contribution in [0.25, 0.3) is 0 Å². The maximum Gasteiger partial charge on any atom is 0.0695 e. The minimum absolute atomic E-state index is 0.113. The van der Waals surface area contributed by atoms with E-state index in [1.54, 1.807) is 7.11 Å². The first-order chi connectivity index (χ1) is 7.74. The molecule has 2 rings (SSSR count). The highest BCUT2D eigenvalue weighted by Crippen LogP contribution is 2.37. The highest BCUT2D eigenvalue weighted by atomic mass is 16.5. The molecule has 2 fully saturated rings. The van der Waals surface area contributed by atoms with Crippen molar-refractivity contribution < 1.29 is 9.84 Å². The number of aliphatic hydroxyl groups is 1. The molecule has 0 bridgehead atoms. The predicted octanol–water partition coefficient (Wildman–Crippen LogP) is 1.65. The van der Waals surface area contributed by atoms with Crippen LogP contribution in [0.2, 0.25) is 0 Å². The summed E-state index contributed by atoms with van der Waals surface area (Å²) in [6, 6.07) is 0.999. The van der Waals surface area contributed by atoms with E-state index in [2.05, 4.69) is 11.8 Å². The largest absolute Gasteiger partial charge is 0.391 e. The molecule has 0 aromatic carbocycles. The molecule has 0 heterocycles. The van der Waals surface area contributed by atoms with E-state index in [4.69, 9.17) is 4.74 Å². The van der Waals surface area contributed by atoms with Gasteiger partial charge in [0.05, 0.1) is 12.7 Å². The molecule has 2 aliphatic rings. The van der Waals surface area contributed by atoms with Gasteiger partial charge in [-0.05, 0) is 44.9 Å². The summed E-state index contributed by atoms with van der Waals surface area (Å²) < 4.78 is 5.19. The molecule has 0 saturated heterocycles. The van der Waals surface area contributed by atoms with Crippen molar-refractivity contribution in [3.8, 4) is 0 Å². The van der Waals surface area contributed by atoms with E-state index in [1.165, 1.54) is 19.3 Å². The quantitative estimate of drug-likeness (QED) is 0.749. The van der Waals surface area contributed by atoms with Gasteiger partial charge in [-0.1, -0.05) is 0 Å². The minimum Gasteiger partial charge on any atom is -0.391 e. The van der Waals surface area contributed by atoms with Crippen LogP contribution in [-0.4, -0.2) is 48.5 Å². The lowest BCUT2D eigenvalue weighted by molar-refractivity contribution is 0.0241. The molecule has 0 amide bonds. The molecular formula is C13H25NO2. The fourth-order valence-electron chi connectivity index (χ4n) is 3.03. The number of methoxy groups -OCH3 is 1. The van der Waals surface area contributed by atoms with Crippen molar-refractivity contribution in [2.45, 2.75) is 57.2 Å². The van der Waals surface area contributed by atoms with Gasteiger partial charge in [-0.15, -0.1) is 0 Å². The van der Waals surface area contributed by atoms with Crippen LogP contribution in [0.1, 0.15) is 39.0 Å². The van der Waals surface area contributed by atoms with E-state index in [1.807, 2.05) is 0 Å². The van der Waals surface area contributed by atoms with Crippen molar-refractivity contribution >= 4 is 0 Å². The lowest BCUT2D eigenvalue weighted by Gasteiger charge is -2.36. The Morgan fingerprint density at radius 1 is 1.31 bits per heavy atom. The zero-order chi connectivity index (χ0) is 11.5. The first kappa shape index (κ1) is 12.3. The van der Waals surface area contributed by atoms with Crippen LogP contribution in [0.4, 0.5) is 0 Å². The van der Waals surface area contributed by atoms with Crippen LogP contribution in [0.15, 0.2) is 0 Å². The molecule has 1 N–H and O–H groups in total. The van der Waals surface area contributed by atoms with Gasteiger partial charge in [0, 0.05) is 25.7 Å². The summed E-state index contributed by atoms with van der Waals surface area (Å²) in [5.74, 6) is 0.865. The third kappa shape index (κ3) is 2.76. The molecule has 3 unspecified atom stereocenters. The molecule has 3 heteroatoms. The highest BCUT2D eigenvalue weighted by Gasteiger charge is 2.38. The fraction of sp³-hybridized carbons (Fsp3) is 1.00. The van der Waals surface area contributed by atoms with Crippen molar-refractivity contribution in [2.24, 2.45) is 5.92 Å². The third-order valence-corrected chi connectivity index (χ3v) is 4.25. The number of aliphatic hydroxyl groups excluding tert-OH is 1. The van der Waals surface area contributed by atoms with E-state index >= 15 is 0 Å². The molecule has 94 valence electrons. The monoisotopic (exact) mass is 227 g/mol. The predicted molar refractivity (Wildman–Crippen MR) is 64.4 cm³/mol. The van der Waals surface area contributed by atoms with Gasteiger partial charge in [0.15, 0.2) is 0 Å². The zero-order valence-electron chi connectivity index (χ0n) is 10.6. The molecule has 3 nitrogen and oxygen atoms in total. The molecule has 0 spiro atoms. The maximum atomic E-state index is 10.0. The summed E-state index contributed by atoms with van der Waals surface area (Å²) in [6.07, 6.45) is 5.93. The second-order valence-corrected chi connectivity index (χ2v) is 5.37. The number of rotatable bonds is 6. The Hall–Kier alpha value is -0.120. The second kappa shape index (κ2) is 5.48. The van der Waals surface area contributed by atoms with Gasteiger partial charge in [0.1, 0.15) is 0 Å². The SMILES string of the molecule is COCCN(C(C)C1CC1)C1CCCC1O. The Labute approximate surface area is 98.8 Å². The number of hydrogen-bond donors (Lipinski definition) is 1. The topological polar surface area (TPSA) is 32.7 Å². The summed E-state index contributed by atoms with van der Waals surface area (Å²) in [5, 5.41) is 10.0. The van der Waals surface area contributed by atoms with E-state index in [-0.39, 0.29) is 6.10 Å². The normalized spacial score (nSPS) is 32.2. The zero-order valence-corrected chi connectivity index (χ0v) is 10.6. The van der Waals surface area contributed by atoms with Gasteiger partial charge in [0.25, 0.3) is 0 Å². The van der Waals surface area contributed by atoms with Crippen molar-refractivity contribution in [1.29, 1.82) is 0 Å². The van der Waals surface area contributed by atoms with Crippen molar-refractivity contribution in [1.82, 2.24) is 4.90 Å². The molecule has 2 saturated carbocycles. The molecule has 2 aliphatic carbocycles. The van der Waals surface area contributed by atoms with E-state index in [0.29, 0.717) is 12.1 Å². The number of hydrogen-bond acceptors (Lipinski definition) is 3. The van der Waals surface area contributed by atoms with E-state index < -0.39 is 0 Å². The summed E-state index contributed by atoms with van der Waals surface area (Å²) in [7, 11) is 1.76. The van der Waals surface area contributed by atoms with Gasteiger partial charge in [-0.25, -0.2) is 0 Å². The van der Waals surface area contributed by atoms with Gasteiger partial charge in [0.2, 0.25) is 0 Å². The summed E-state index contributed by atoms with van der Waals surface area (Å²) in [6.45, 7) is 4.06. The van der Waals surface area contributed by atoms with Crippen molar-refractivity contribution in [3.05, 3.63) is 0 Å². The van der Waals surface area contributed by atoms with Crippen molar-refractivity contribution in [2.75, 3.05) is 20.3 Å². The van der Waals surface area contributed by atoms with Crippen LogP contribution in [0.3, 0.4) is 0 Å². The van der Waals surface area contributed by atoms with Crippen LogP contribution in [0, 0.1) is 5.92 Å². The minimum atomic E-state index is -0.113. The maximum absolute atomic E-state index is 10.0. The van der Waals surface area contributed by atoms with Crippen molar-refractivity contribution in [3.63, 3.8) is 0 Å². The Morgan fingerprint density at radius 2 is 2.06 bits per heavy atom. The van der Waals surface area contributed by atoms with E-state index in [0.717, 1.165) is 31.9 Å². The van der Waals surface area contributed by atoms with Crippen LogP contribution in [0.5, 0.6) is 0 Å². The van der Waals surface area contributed by atoms with Crippen LogP contribution >= 0.6 is 0 Å². The summed E-state index contributed by atoms with van der Waals surface area (Å²) in [5.41, 5.74) is 0. The average molecular weight is 227 g/mol. The smallest absolute Gasteiger partial charge is 0.0695 e. The summed E-state index contributed by atoms with van der Waals surface area (Å²) in [4.78, 5) is 2.50. The Balaban J connectivity index is 1.94. The van der Waals surface area contributed by atoms with Crippen LogP contribution < -0.4 is 0 Å². The Morgan fingerprint density at radius 3 is 2.56 bits per heavy atom. The summed E-state index contributed by atoms with van der Waals surface area (Å²) >= 11 is 0. The fourth-order valence-corrected chi connectivity index (χ4v) is 3.03. The van der Waals surface area contributed by atoms with Gasteiger partial charge < -0.3 is 9.84 Å². The molecule has 0 aromatic heterocycles. The highest BCUT2D eigenvalue weighted by molar-refractivity contribution is 4.92. The Bertz CT molecular complexity index is 218. The van der Waals surface area contributed by atoms with Gasteiger partial charge in [-0.2, -0.15) is 0 Å². The number of ether oxygens (including phenoxy) is 1. The first-order valence-corrected chi connectivity index (χ1v) is 6.66. The van der Waals surface area contributed by atoms with E-state index in [9.17, 15) is 5.11 Å². The van der Waals surface area contributed by atoms with Crippen LogP contribution in [-0.2, 0) is 4.74 Å². The van der Waals surface area contributed by atoms with Gasteiger partial charge in [-0.3, -0.25) is 4.90 Å². The number of nitrogens with zero attached hydrogens (tertiary/aromatic N) is 1. The lowest BCUT2D eigenvalue weighted by atomic mass is 10.1. The molecule has 0 aromatic rings.